The van der Waals surface area contributed by atoms with Gasteiger partial charge in [-0.3, -0.25) is 0 Å². The van der Waals surface area contributed by atoms with E-state index in [9.17, 15) is 0 Å². The number of rotatable bonds is 2. The minimum atomic E-state index is 0.809. The van der Waals surface area contributed by atoms with E-state index in [2.05, 4.69) is 11.9 Å². The molecule has 51 valence electrons. The molecule has 0 aromatic heterocycles. The molecule has 1 N–H and O–H groups in total. The molecule has 0 saturated carbocycles. The van der Waals surface area contributed by atoms with Crippen LogP contribution in [0, 0.1) is 6.10 Å². The summed E-state index contributed by atoms with van der Waals surface area (Å²) in [5.74, 6) is 0. The maximum Gasteiger partial charge on any atom is 0.114 e. The van der Waals surface area contributed by atoms with Crippen molar-refractivity contribution in [1.82, 2.24) is 5.32 Å². The van der Waals surface area contributed by atoms with Gasteiger partial charge in [0.2, 0.25) is 0 Å². The van der Waals surface area contributed by atoms with Crippen molar-refractivity contribution >= 4 is 0 Å². The molecule has 0 spiro atoms. The highest BCUT2D eigenvalue weighted by atomic mass is 16.5. The van der Waals surface area contributed by atoms with Crippen LogP contribution < -0.4 is 5.32 Å². The maximum atomic E-state index is 5.30. The van der Waals surface area contributed by atoms with Gasteiger partial charge in [0.15, 0.2) is 0 Å². The van der Waals surface area contributed by atoms with Crippen LogP contribution in [0.15, 0.2) is 12.7 Å². The fourth-order valence-corrected chi connectivity index (χ4v) is 0.838. The second-order valence-electron chi connectivity index (χ2n) is 2.06. The number of morpholine rings is 1. The molecule has 0 amide bonds. The average Bonchev–Trinajstić information content (AvgIpc) is 1.91. The van der Waals surface area contributed by atoms with Gasteiger partial charge >= 0.3 is 0 Å². The second kappa shape index (κ2) is 3.64. The standard InChI is InChI=1S/C7H12NO/c1-2-3-7-6-8-4-5-9-7/h2,8H,1,3-6H2. The molecule has 0 atom stereocenters. The predicted molar refractivity (Wildman–Crippen MR) is 36.9 cm³/mol. The highest BCUT2D eigenvalue weighted by molar-refractivity contribution is 4.91. The van der Waals surface area contributed by atoms with Gasteiger partial charge in [0.05, 0.1) is 6.61 Å². The molecule has 1 fully saturated rings. The predicted octanol–water partition coefficient (Wildman–Crippen LogP) is 0.714. The monoisotopic (exact) mass is 126 g/mol. The Hall–Kier alpha value is -0.340. The molecule has 2 nitrogen and oxygen atoms in total. The van der Waals surface area contributed by atoms with Crippen molar-refractivity contribution in [3.8, 4) is 0 Å². The average molecular weight is 126 g/mol. The molecule has 0 aromatic carbocycles. The van der Waals surface area contributed by atoms with Crippen molar-refractivity contribution in [2.45, 2.75) is 6.42 Å². The lowest BCUT2D eigenvalue weighted by Gasteiger charge is -2.20. The summed E-state index contributed by atoms with van der Waals surface area (Å²) in [6.07, 6.45) is 3.85. The summed E-state index contributed by atoms with van der Waals surface area (Å²) in [5.41, 5.74) is 0. The SMILES string of the molecule is C=CC[C]1CNCCO1. The zero-order chi connectivity index (χ0) is 6.53. The van der Waals surface area contributed by atoms with Crippen molar-refractivity contribution in [3.63, 3.8) is 0 Å². The summed E-state index contributed by atoms with van der Waals surface area (Å²) in [4.78, 5) is 0. The first-order valence-corrected chi connectivity index (χ1v) is 3.22. The zero-order valence-electron chi connectivity index (χ0n) is 5.52. The third-order valence-corrected chi connectivity index (χ3v) is 1.28. The topological polar surface area (TPSA) is 21.3 Å². The Balaban J connectivity index is 2.15. The lowest BCUT2D eigenvalue weighted by molar-refractivity contribution is 0.111. The van der Waals surface area contributed by atoms with Crippen molar-refractivity contribution in [2.24, 2.45) is 0 Å². The Kier molecular flexibility index (Phi) is 2.74. The van der Waals surface area contributed by atoms with E-state index < -0.39 is 0 Å². The van der Waals surface area contributed by atoms with Gasteiger partial charge in [-0.1, -0.05) is 6.08 Å². The number of nitrogens with one attached hydrogen (secondary N) is 1. The van der Waals surface area contributed by atoms with E-state index >= 15 is 0 Å². The molecule has 1 aliphatic rings. The summed E-state index contributed by atoms with van der Waals surface area (Å²) in [6.45, 7) is 6.30. The first-order chi connectivity index (χ1) is 4.43. The van der Waals surface area contributed by atoms with E-state index in [1.165, 1.54) is 0 Å². The van der Waals surface area contributed by atoms with Crippen molar-refractivity contribution in [2.75, 3.05) is 19.7 Å². The van der Waals surface area contributed by atoms with Gasteiger partial charge in [-0.25, -0.2) is 0 Å². The fraction of sp³-hybridized carbons (Fsp3) is 0.571. The second-order valence-corrected chi connectivity index (χ2v) is 2.06. The summed E-state index contributed by atoms with van der Waals surface area (Å²) in [7, 11) is 0. The fourth-order valence-electron chi connectivity index (χ4n) is 0.838. The van der Waals surface area contributed by atoms with Crippen molar-refractivity contribution in [1.29, 1.82) is 0 Å². The number of ether oxygens (including phenoxy) is 1. The van der Waals surface area contributed by atoms with Gasteiger partial charge in [-0.05, 0) is 6.42 Å². The van der Waals surface area contributed by atoms with Crippen LogP contribution in [0.1, 0.15) is 6.42 Å². The lowest BCUT2D eigenvalue weighted by atomic mass is 10.2. The molecule has 9 heavy (non-hydrogen) atoms. The molecule has 1 saturated heterocycles. The van der Waals surface area contributed by atoms with Crippen LogP contribution in [0.3, 0.4) is 0 Å². The summed E-state index contributed by atoms with van der Waals surface area (Å²) in [6, 6.07) is 0. The van der Waals surface area contributed by atoms with E-state index in [0.29, 0.717) is 0 Å². The zero-order valence-corrected chi connectivity index (χ0v) is 5.52. The Morgan fingerprint density at radius 2 is 2.67 bits per heavy atom. The van der Waals surface area contributed by atoms with Gasteiger partial charge in [-0.15, -0.1) is 6.58 Å². The van der Waals surface area contributed by atoms with Gasteiger partial charge in [0.1, 0.15) is 6.10 Å². The minimum absolute atomic E-state index is 0.809. The molecule has 0 unspecified atom stereocenters. The highest BCUT2D eigenvalue weighted by Gasteiger charge is 2.11. The van der Waals surface area contributed by atoms with Crippen LogP contribution in [0.5, 0.6) is 0 Å². The molecule has 0 bridgehead atoms. The molecule has 0 aliphatic carbocycles. The van der Waals surface area contributed by atoms with E-state index in [4.69, 9.17) is 4.74 Å². The molecule has 2 heteroatoms. The Labute approximate surface area is 55.9 Å². The molecular formula is C7H12NO. The number of hydrogen-bond donors (Lipinski definition) is 1. The van der Waals surface area contributed by atoms with E-state index in [0.717, 1.165) is 32.2 Å². The Morgan fingerprint density at radius 3 is 3.22 bits per heavy atom. The maximum absolute atomic E-state index is 5.30. The minimum Gasteiger partial charge on any atom is -0.369 e. The molecule has 1 rings (SSSR count). The van der Waals surface area contributed by atoms with E-state index in [-0.39, 0.29) is 0 Å². The molecule has 1 heterocycles. The number of hydrogen-bond acceptors (Lipinski definition) is 2. The summed E-state index contributed by atoms with van der Waals surface area (Å²) in [5, 5.41) is 3.21. The van der Waals surface area contributed by atoms with Crippen LogP contribution in [0.4, 0.5) is 0 Å². The molecule has 0 aromatic rings. The third-order valence-electron chi connectivity index (χ3n) is 1.28. The molecule has 1 aliphatic heterocycles. The van der Waals surface area contributed by atoms with Gasteiger partial charge in [0.25, 0.3) is 0 Å². The lowest BCUT2D eigenvalue weighted by Crippen LogP contribution is -2.33. The normalized spacial score (nSPS) is 21.8. The largest absolute Gasteiger partial charge is 0.369 e. The van der Waals surface area contributed by atoms with Crippen LogP contribution in [-0.2, 0) is 4.74 Å². The molecule has 1 radical (unpaired) electrons. The quantitative estimate of drug-likeness (QED) is 0.550. The third kappa shape index (κ3) is 2.16. The Bertz CT molecular complexity index is 86.9. The van der Waals surface area contributed by atoms with Gasteiger partial charge in [-0.2, -0.15) is 0 Å². The van der Waals surface area contributed by atoms with Crippen LogP contribution in [0.25, 0.3) is 0 Å². The van der Waals surface area contributed by atoms with E-state index in [1.807, 2.05) is 6.08 Å². The van der Waals surface area contributed by atoms with Gasteiger partial charge in [0, 0.05) is 13.1 Å². The highest BCUT2D eigenvalue weighted by Crippen LogP contribution is 2.09. The van der Waals surface area contributed by atoms with Crippen LogP contribution >= 0.6 is 0 Å². The molecular weight excluding hydrogens is 114 g/mol. The van der Waals surface area contributed by atoms with Crippen LogP contribution in [0.2, 0.25) is 0 Å². The first kappa shape index (κ1) is 6.78. The summed E-state index contributed by atoms with van der Waals surface area (Å²) < 4.78 is 5.30. The summed E-state index contributed by atoms with van der Waals surface area (Å²) >= 11 is 0. The van der Waals surface area contributed by atoms with Crippen molar-refractivity contribution in [3.05, 3.63) is 18.8 Å². The first-order valence-electron chi connectivity index (χ1n) is 3.22. The van der Waals surface area contributed by atoms with Crippen molar-refractivity contribution < 1.29 is 4.74 Å². The smallest absolute Gasteiger partial charge is 0.114 e. The van der Waals surface area contributed by atoms with E-state index in [1.54, 1.807) is 0 Å². The Morgan fingerprint density at radius 1 is 1.78 bits per heavy atom. The van der Waals surface area contributed by atoms with Gasteiger partial charge < -0.3 is 10.1 Å². The van der Waals surface area contributed by atoms with Crippen LogP contribution in [-0.4, -0.2) is 19.7 Å².